The summed E-state index contributed by atoms with van der Waals surface area (Å²) >= 11 is 7.12. The number of hydrogen-bond acceptors (Lipinski definition) is 7. The molecule has 0 saturated heterocycles. The van der Waals surface area contributed by atoms with Crippen molar-refractivity contribution in [2.45, 2.75) is 5.16 Å². The zero-order valence-corrected chi connectivity index (χ0v) is 16.6. The van der Waals surface area contributed by atoms with E-state index in [0.29, 0.717) is 38.8 Å². The molecule has 0 aliphatic carbocycles. The molecule has 9 nitrogen and oxygen atoms in total. The highest BCUT2D eigenvalue weighted by atomic mass is 35.5. The van der Waals surface area contributed by atoms with Gasteiger partial charge >= 0.3 is 0 Å². The fourth-order valence-electron chi connectivity index (χ4n) is 2.59. The summed E-state index contributed by atoms with van der Waals surface area (Å²) in [5.41, 5.74) is 0.505. The molecule has 1 aromatic carbocycles. The fraction of sp³-hybridized carbons (Fsp3) is 0.111. The normalized spacial score (nSPS) is 11.0. The highest BCUT2D eigenvalue weighted by molar-refractivity contribution is 7.99. The van der Waals surface area contributed by atoms with Gasteiger partial charge in [0.15, 0.2) is 22.4 Å². The Kier molecular flexibility index (Phi) is 5.28. The second kappa shape index (κ2) is 8.02. The van der Waals surface area contributed by atoms with Crippen LogP contribution in [0.4, 0.5) is 5.69 Å². The van der Waals surface area contributed by atoms with Crippen LogP contribution in [0.2, 0.25) is 5.02 Å². The van der Waals surface area contributed by atoms with Gasteiger partial charge in [-0.2, -0.15) is 4.98 Å². The molecule has 3 heterocycles. The summed E-state index contributed by atoms with van der Waals surface area (Å²) in [5.74, 6) is 0.993. The van der Waals surface area contributed by atoms with E-state index >= 15 is 0 Å². The number of nitrogens with zero attached hydrogens (tertiary/aromatic N) is 3. The first-order valence-corrected chi connectivity index (χ1v) is 9.70. The van der Waals surface area contributed by atoms with Crippen molar-refractivity contribution in [1.29, 1.82) is 0 Å². The van der Waals surface area contributed by atoms with Gasteiger partial charge < -0.3 is 14.5 Å². The van der Waals surface area contributed by atoms with Gasteiger partial charge in [0.1, 0.15) is 5.75 Å². The number of rotatable bonds is 6. The number of thioether (sulfide) groups is 1. The smallest absolute Gasteiger partial charge is 0.266 e. The van der Waals surface area contributed by atoms with Gasteiger partial charge in [0.25, 0.3) is 5.56 Å². The maximum atomic E-state index is 12.4. The van der Waals surface area contributed by atoms with E-state index < -0.39 is 0 Å². The van der Waals surface area contributed by atoms with Crippen LogP contribution in [0.3, 0.4) is 0 Å². The number of H-pyrrole nitrogens is 1. The number of carbonyl (C=O) groups is 1. The van der Waals surface area contributed by atoms with Gasteiger partial charge in [0, 0.05) is 11.1 Å². The third-order valence-electron chi connectivity index (χ3n) is 3.83. The highest BCUT2D eigenvalue weighted by Gasteiger charge is 2.15. The van der Waals surface area contributed by atoms with Crippen LogP contribution in [0.1, 0.15) is 0 Å². The van der Waals surface area contributed by atoms with Crippen LogP contribution in [0.5, 0.6) is 5.75 Å². The van der Waals surface area contributed by atoms with E-state index in [0.717, 1.165) is 11.8 Å². The lowest BCUT2D eigenvalue weighted by atomic mass is 10.3. The van der Waals surface area contributed by atoms with Crippen molar-refractivity contribution in [1.82, 2.24) is 19.6 Å². The van der Waals surface area contributed by atoms with E-state index in [2.05, 4.69) is 20.4 Å². The minimum absolute atomic E-state index is 0.0274. The first kappa shape index (κ1) is 19.1. The van der Waals surface area contributed by atoms with Crippen molar-refractivity contribution in [3.05, 3.63) is 58.0 Å². The van der Waals surface area contributed by atoms with Crippen molar-refractivity contribution in [3.8, 4) is 17.3 Å². The number of carbonyl (C=O) groups excluding carboxylic acids is 1. The number of hydrogen-bond donors (Lipinski definition) is 2. The molecule has 0 fully saturated rings. The quantitative estimate of drug-likeness (QED) is 0.451. The molecule has 4 rings (SSSR count). The minimum Gasteiger partial charge on any atom is -0.495 e. The van der Waals surface area contributed by atoms with Gasteiger partial charge in [-0.15, -0.1) is 0 Å². The molecule has 0 saturated carbocycles. The van der Waals surface area contributed by atoms with E-state index in [1.807, 2.05) is 0 Å². The Balaban J connectivity index is 1.57. The SMILES string of the molecule is COc1ccc(Cl)cc1NC(=O)CSc1nc(-c2ccco2)nc2cc(=O)[nH]n12. The molecular formula is C18H14ClN5O4S. The van der Waals surface area contributed by atoms with Gasteiger partial charge in [0.05, 0.1) is 24.8 Å². The first-order valence-electron chi connectivity index (χ1n) is 8.33. The molecule has 4 aromatic rings. The molecule has 11 heteroatoms. The number of furan rings is 1. The second-order valence-corrected chi connectivity index (χ2v) is 7.18. The molecule has 3 aromatic heterocycles. The van der Waals surface area contributed by atoms with Gasteiger partial charge in [-0.3, -0.25) is 14.7 Å². The topological polar surface area (TPSA) is 115 Å². The lowest BCUT2D eigenvalue weighted by Crippen LogP contribution is -2.15. The fourth-order valence-corrected chi connectivity index (χ4v) is 3.51. The summed E-state index contributed by atoms with van der Waals surface area (Å²) in [4.78, 5) is 32.9. The largest absolute Gasteiger partial charge is 0.495 e. The summed E-state index contributed by atoms with van der Waals surface area (Å²) in [6.45, 7) is 0. The number of aromatic nitrogens is 4. The van der Waals surface area contributed by atoms with E-state index in [4.69, 9.17) is 20.8 Å². The number of methoxy groups -OCH3 is 1. The van der Waals surface area contributed by atoms with Gasteiger partial charge in [-0.05, 0) is 30.3 Å². The Bertz CT molecular complexity index is 1240. The van der Waals surface area contributed by atoms with E-state index in [1.54, 1.807) is 30.3 Å². The average molecular weight is 432 g/mol. The molecule has 0 bridgehead atoms. The number of halogens is 1. The van der Waals surface area contributed by atoms with Gasteiger partial charge in [0.2, 0.25) is 5.91 Å². The lowest BCUT2D eigenvalue weighted by Gasteiger charge is -2.10. The van der Waals surface area contributed by atoms with Crippen LogP contribution in [-0.2, 0) is 4.79 Å². The Morgan fingerprint density at radius 2 is 2.21 bits per heavy atom. The number of fused-ring (bicyclic) bond motifs is 1. The number of nitrogens with one attached hydrogen (secondary N) is 2. The molecule has 0 radical (unpaired) electrons. The summed E-state index contributed by atoms with van der Waals surface area (Å²) in [6, 6.07) is 9.70. The Hall–Kier alpha value is -3.24. The van der Waals surface area contributed by atoms with Crippen LogP contribution >= 0.6 is 23.4 Å². The highest BCUT2D eigenvalue weighted by Crippen LogP contribution is 2.28. The molecule has 0 aliphatic rings. The van der Waals surface area contributed by atoms with Crippen LogP contribution < -0.4 is 15.6 Å². The van der Waals surface area contributed by atoms with Gasteiger partial charge in [-0.1, -0.05) is 23.4 Å². The van der Waals surface area contributed by atoms with Crippen molar-refractivity contribution < 1.29 is 13.9 Å². The van der Waals surface area contributed by atoms with Crippen LogP contribution in [-0.4, -0.2) is 38.4 Å². The van der Waals surface area contributed by atoms with Crippen molar-refractivity contribution in [2.75, 3.05) is 18.2 Å². The lowest BCUT2D eigenvalue weighted by molar-refractivity contribution is -0.113. The zero-order valence-electron chi connectivity index (χ0n) is 15.0. The molecule has 0 unspecified atom stereocenters. The molecule has 2 N–H and O–H groups in total. The third-order valence-corrected chi connectivity index (χ3v) is 5.01. The Labute approximate surface area is 173 Å². The monoisotopic (exact) mass is 431 g/mol. The maximum absolute atomic E-state index is 12.4. The van der Waals surface area contributed by atoms with Crippen LogP contribution in [0.25, 0.3) is 17.2 Å². The predicted molar refractivity (Wildman–Crippen MR) is 109 cm³/mol. The minimum atomic E-state index is -0.328. The number of anilines is 1. The Morgan fingerprint density at radius 3 is 2.97 bits per heavy atom. The van der Waals surface area contributed by atoms with Crippen LogP contribution in [0.15, 0.2) is 57.0 Å². The third kappa shape index (κ3) is 4.13. The summed E-state index contributed by atoms with van der Waals surface area (Å²) in [6.07, 6.45) is 1.50. The molecule has 0 aliphatic heterocycles. The average Bonchev–Trinajstić information content (AvgIpc) is 3.35. The van der Waals surface area contributed by atoms with Gasteiger partial charge in [-0.25, -0.2) is 9.50 Å². The van der Waals surface area contributed by atoms with Crippen molar-refractivity contribution >= 4 is 40.6 Å². The summed E-state index contributed by atoms with van der Waals surface area (Å²) in [5, 5.41) is 6.23. The predicted octanol–water partition coefficient (Wildman–Crippen LogP) is 3.07. The molecule has 0 spiro atoms. The van der Waals surface area contributed by atoms with E-state index in [-0.39, 0.29) is 17.2 Å². The molecule has 1 amide bonds. The maximum Gasteiger partial charge on any atom is 0.266 e. The van der Waals surface area contributed by atoms with Crippen molar-refractivity contribution in [3.63, 3.8) is 0 Å². The molecule has 0 atom stereocenters. The van der Waals surface area contributed by atoms with E-state index in [1.165, 1.54) is 24.0 Å². The van der Waals surface area contributed by atoms with E-state index in [9.17, 15) is 9.59 Å². The molecule has 148 valence electrons. The number of amides is 1. The summed E-state index contributed by atoms with van der Waals surface area (Å²) in [7, 11) is 1.50. The zero-order chi connectivity index (χ0) is 20.4. The first-order chi connectivity index (χ1) is 14.0. The Morgan fingerprint density at radius 1 is 1.34 bits per heavy atom. The molecule has 29 heavy (non-hydrogen) atoms. The number of benzene rings is 1. The summed E-state index contributed by atoms with van der Waals surface area (Å²) < 4.78 is 12.0. The second-order valence-electron chi connectivity index (χ2n) is 5.80. The van der Waals surface area contributed by atoms with Crippen molar-refractivity contribution in [2.24, 2.45) is 0 Å². The number of ether oxygens (including phenoxy) is 1. The number of aromatic amines is 1. The molecular weight excluding hydrogens is 418 g/mol. The van der Waals surface area contributed by atoms with Crippen LogP contribution in [0, 0.1) is 0 Å². The standard InChI is InChI=1S/C18H14ClN5O4S/c1-27-12-5-4-10(19)7-11(12)20-16(26)9-29-18-22-17(13-3-2-6-28-13)21-14-8-15(25)23-24(14)18/h2-8H,9H2,1H3,(H,20,26)(H,23,25).